The predicted molar refractivity (Wildman–Crippen MR) is 322 cm³/mol. The highest BCUT2D eigenvalue weighted by Gasteiger charge is 2.26. The second-order valence-corrected chi connectivity index (χ2v) is 27.0. The Kier molecular flexibility index (Phi) is 25.8. The summed E-state index contributed by atoms with van der Waals surface area (Å²) >= 11 is 3.77. The van der Waals surface area contributed by atoms with Crippen LogP contribution in [-0.2, 0) is 13.1 Å². The number of ether oxygens (including phenoxy) is 2. The molecule has 12 heteroatoms. The number of aromatic nitrogens is 2. The summed E-state index contributed by atoms with van der Waals surface area (Å²) in [5.41, 5.74) is 5.15. The fourth-order valence-corrected chi connectivity index (χ4v) is 13.2. The Hall–Kier alpha value is -2.94. The lowest BCUT2D eigenvalue weighted by atomic mass is 10.1. The standard InChI is InChI=1S/C62H108N6O4S2/c1-12-13-14-15-19-22-25-32-52(70)51-68(8,9)45-44-67(6,7)41-30-27-38-64-56-36-34-54(72-11)48-60(56)74-62-49-57-61(50-58(62)64)73-59-47-53(71-10)33-35-55(59)63(57)37-26-29-40-66(4,5)43-42-65(2,3)39-28-23-20-17-16-18-21-24-31-46-69/h33-36,47-50,52,69-70H,12-32,37-46,51H2,1-11H3/q+4. The molecule has 1 atom stereocenters. The number of methoxy groups -OCH3 is 2. The molecule has 2 heterocycles. The maximum Gasteiger partial charge on any atom is 0.128 e. The van der Waals surface area contributed by atoms with E-state index in [-0.39, 0.29) is 6.10 Å². The first kappa shape index (κ1) is 61.9. The van der Waals surface area contributed by atoms with Crippen molar-refractivity contribution in [3.8, 4) is 11.5 Å². The molecule has 0 radical (unpaired) electrons. The second kappa shape index (κ2) is 30.9. The maximum absolute atomic E-state index is 11.0. The maximum atomic E-state index is 11.0. The number of quaternary nitrogens is 4. The number of aryl methyl sites for hydroxylation is 2. The first-order chi connectivity index (χ1) is 35.4. The number of hydrogen-bond acceptors (Lipinski definition) is 6. The highest BCUT2D eigenvalue weighted by Crippen LogP contribution is 2.38. The van der Waals surface area contributed by atoms with Gasteiger partial charge in [0.2, 0.25) is 0 Å². The molecule has 5 rings (SSSR count). The average molecular weight is 1070 g/mol. The van der Waals surface area contributed by atoms with E-state index in [1.165, 1.54) is 163 Å². The van der Waals surface area contributed by atoms with Crippen LogP contribution >= 0.6 is 22.7 Å². The van der Waals surface area contributed by atoms with Gasteiger partial charge in [0, 0.05) is 19.7 Å². The van der Waals surface area contributed by atoms with Crippen LogP contribution in [0.2, 0.25) is 0 Å². The van der Waals surface area contributed by atoms with Gasteiger partial charge in [-0.15, -0.1) is 22.7 Å². The van der Waals surface area contributed by atoms with Gasteiger partial charge in [-0.25, -0.2) is 0 Å². The number of aliphatic hydroxyl groups excluding tert-OH is 2. The van der Waals surface area contributed by atoms with Crippen LogP contribution in [0.15, 0.2) is 48.5 Å². The molecule has 2 N–H and O–H groups in total. The van der Waals surface area contributed by atoms with Crippen molar-refractivity contribution in [2.24, 2.45) is 0 Å². The summed E-state index contributed by atoms with van der Waals surface area (Å²) in [6, 6.07) is 18.2. The topological polar surface area (TPSA) is 68.8 Å². The number of nitrogens with zero attached hydrogens (tertiary/aromatic N) is 6. The summed E-state index contributed by atoms with van der Waals surface area (Å²) in [7, 11) is 22.7. The van der Waals surface area contributed by atoms with Crippen molar-refractivity contribution in [2.75, 3.05) is 130 Å². The first-order valence-electron chi connectivity index (χ1n) is 29.4. The SMILES string of the molecule is CCCCCCCCCC(O)C[N+](C)(C)CC[N+](C)(C)CCCCn1c2ccc(OC)cc2sc2cc3c(cc21)sc1cc(OC)ccc1n3CCCC[N+](C)(C)CC[N+](C)(C)CCCCCCCCCCCO. The van der Waals surface area contributed by atoms with Gasteiger partial charge >= 0.3 is 0 Å². The molecule has 0 aliphatic heterocycles. The molecule has 0 saturated carbocycles. The van der Waals surface area contributed by atoms with E-state index in [0.717, 1.165) is 107 Å². The summed E-state index contributed by atoms with van der Waals surface area (Å²) in [6.07, 6.45) is 25.7. The predicted octanol–water partition coefficient (Wildman–Crippen LogP) is 14.0. The van der Waals surface area contributed by atoms with E-state index in [9.17, 15) is 5.11 Å². The van der Waals surface area contributed by atoms with Crippen LogP contribution in [0.5, 0.6) is 11.5 Å². The number of unbranched alkanes of at least 4 members (excludes halogenated alkanes) is 16. The van der Waals surface area contributed by atoms with Gasteiger partial charge < -0.3 is 46.8 Å². The van der Waals surface area contributed by atoms with E-state index < -0.39 is 0 Å². The minimum Gasteiger partial charge on any atom is -0.497 e. The molecular formula is C62H108N6O4S2+4. The lowest BCUT2D eigenvalue weighted by Gasteiger charge is -2.36. The molecule has 0 bridgehead atoms. The zero-order chi connectivity index (χ0) is 53.6. The minimum atomic E-state index is -0.218. The highest BCUT2D eigenvalue weighted by atomic mass is 32.1. The van der Waals surface area contributed by atoms with Gasteiger partial charge in [-0.1, -0.05) is 90.4 Å². The summed E-state index contributed by atoms with van der Waals surface area (Å²) < 4.78 is 25.9. The second-order valence-electron chi connectivity index (χ2n) is 24.8. The smallest absolute Gasteiger partial charge is 0.128 e. The summed E-state index contributed by atoms with van der Waals surface area (Å²) in [5.74, 6) is 1.80. The van der Waals surface area contributed by atoms with Gasteiger partial charge in [0.1, 0.15) is 50.3 Å². The monoisotopic (exact) mass is 1060 g/mol. The number of likely N-dealkylation sites (N-methyl/N-ethyl adjacent to an activating group) is 4. The third-order valence-electron chi connectivity index (χ3n) is 16.2. The Labute approximate surface area is 458 Å². The molecule has 0 aliphatic rings. The number of aliphatic hydroxyl groups is 2. The Morgan fingerprint density at radius 1 is 0.432 bits per heavy atom. The van der Waals surface area contributed by atoms with Crippen LogP contribution < -0.4 is 9.47 Å². The van der Waals surface area contributed by atoms with Crippen LogP contribution in [0.3, 0.4) is 0 Å². The molecule has 0 saturated heterocycles. The fourth-order valence-electron chi connectivity index (χ4n) is 11.0. The van der Waals surface area contributed by atoms with Gasteiger partial charge in [0.05, 0.1) is 131 Å². The number of fused-ring (bicyclic) bond motifs is 4. The van der Waals surface area contributed by atoms with Crippen molar-refractivity contribution < 1.29 is 37.6 Å². The van der Waals surface area contributed by atoms with Gasteiger partial charge in [-0.2, -0.15) is 0 Å². The van der Waals surface area contributed by atoms with Crippen LogP contribution in [0.25, 0.3) is 40.9 Å². The van der Waals surface area contributed by atoms with Crippen molar-refractivity contribution in [2.45, 2.75) is 161 Å². The van der Waals surface area contributed by atoms with Gasteiger partial charge in [0.25, 0.3) is 0 Å². The van der Waals surface area contributed by atoms with Crippen LogP contribution in [0.4, 0.5) is 0 Å². The summed E-state index contributed by atoms with van der Waals surface area (Å²) in [5, 5.41) is 20.0. The Balaban J connectivity index is 1.24. The lowest BCUT2D eigenvalue weighted by molar-refractivity contribution is -0.947. The van der Waals surface area contributed by atoms with Gasteiger partial charge in [-0.05, 0) is 99.9 Å². The van der Waals surface area contributed by atoms with E-state index in [2.05, 4.69) is 121 Å². The van der Waals surface area contributed by atoms with Crippen LogP contribution in [0, 0.1) is 0 Å². The van der Waals surface area contributed by atoms with Gasteiger partial charge in [0.15, 0.2) is 0 Å². The van der Waals surface area contributed by atoms with E-state index in [1.807, 2.05) is 22.7 Å². The highest BCUT2D eigenvalue weighted by molar-refractivity contribution is 7.25. The molecular weight excluding hydrogens is 957 g/mol. The van der Waals surface area contributed by atoms with Crippen LogP contribution in [0.1, 0.15) is 142 Å². The number of hydrogen-bond donors (Lipinski definition) is 2. The Morgan fingerprint density at radius 2 is 0.797 bits per heavy atom. The van der Waals surface area contributed by atoms with E-state index in [0.29, 0.717) is 6.61 Å². The molecule has 0 fully saturated rings. The molecule has 1 unspecified atom stereocenters. The fraction of sp³-hybridized carbons (Fsp3) is 0.710. The molecule has 10 nitrogen and oxygen atoms in total. The third-order valence-corrected chi connectivity index (χ3v) is 18.3. The Morgan fingerprint density at radius 3 is 1.22 bits per heavy atom. The summed E-state index contributed by atoms with van der Waals surface area (Å²) in [6.45, 7) is 13.5. The quantitative estimate of drug-likeness (QED) is 0.0234. The normalized spacial score (nSPS) is 13.3. The van der Waals surface area contributed by atoms with Crippen molar-refractivity contribution >= 4 is 63.5 Å². The molecule has 0 aliphatic carbocycles. The molecule has 5 aromatic rings. The lowest BCUT2D eigenvalue weighted by Crippen LogP contribution is -2.53. The van der Waals surface area contributed by atoms with Crippen molar-refractivity contribution in [3.05, 3.63) is 48.5 Å². The molecule has 0 spiro atoms. The molecule has 2 aromatic heterocycles. The van der Waals surface area contributed by atoms with E-state index >= 15 is 0 Å². The summed E-state index contributed by atoms with van der Waals surface area (Å²) in [4.78, 5) is 0. The molecule has 3 aromatic carbocycles. The minimum absolute atomic E-state index is 0.218. The van der Waals surface area contributed by atoms with Crippen molar-refractivity contribution in [3.63, 3.8) is 0 Å². The van der Waals surface area contributed by atoms with E-state index in [1.54, 1.807) is 14.2 Å². The van der Waals surface area contributed by atoms with Gasteiger partial charge in [-0.3, -0.25) is 0 Å². The average Bonchev–Trinajstić information content (AvgIpc) is 3.36. The van der Waals surface area contributed by atoms with Crippen molar-refractivity contribution in [1.29, 1.82) is 0 Å². The molecule has 74 heavy (non-hydrogen) atoms. The zero-order valence-electron chi connectivity index (χ0n) is 49.0. The van der Waals surface area contributed by atoms with E-state index in [4.69, 9.17) is 14.6 Å². The number of rotatable bonds is 39. The molecule has 418 valence electrons. The van der Waals surface area contributed by atoms with Crippen LogP contribution in [-0.4, -0.2) is 173 Å². The Bertz CT molecular complexity index is 2440. The number of benzene rings is 3. The molecule has 0 amide bonds. The van der Waals surface area contributed by atoms with Crippen molar-refractivity contribution in [1.82, 2.24) is 9.13 Å². The first-order valence-corrected chi connectivity index (χ1v) is 31.0. The largest absolute Gasteiger partial charge is 0.497 e. The third kappa shape index (κ3) is 20.8. The zero-order valence-corrected chi connectivity index (χ0v) is 50.7.